The van der Waals surface area contributed by atoms with Crippen molar-refractivity contribution in [3.8, 4) is 11.3 Å². The molecule has 1 aromatic carbocycles. The third-order valence-corrected chi connectivity index (χ3v) is 4.38. The molecule has 0 radical (unpaired) electrons. The van der Waals surface area contributed by atoms with Crippen LogP contribution in [0.3, 0.4) is 0 Å². The van der Waals surface area contributed by atoms with E-state index < -0.39 is 0 Å². The van der Waals surface area contributed by atoms with Crippen molar-refractivity contribution >= 4 is 11.6 Å². The number of piperazine rings is 1. The number of anilines is 1. The minimum Gasteiger partial charge on any atom is -0.366 e. The maximum atomic E-state index is 12.4. The lowest BCUT2D eigenvalue weighted by molar-refractivity contribution is 0.0741. The molecule has 3 heterocycles. The van der Waals surface area contributed by atoms with Crippen LogP contribution in [0.25, 0.3) is 11.3 Å². The van der Waals surface area contributed by atoms with Crippen molar-refractivity contribution in [3.63, 3.8) is 0 Å². The van der Waals surface area contributed by atoms with Gasteiger partial charge in [-0.25, -0.2) is 5.10 Å². The zero-order chi connectivity index (χ0) is 17.9. The number of carbonyl (C=O) groups is 1. The average molecular weight is 351 g/mol. The van der Waals surface area contributed by atoms with E-state index in [1.165, 1.54) is 6.20 Å². The van der Waals surface area contributed by atoms with Gasteiger partial charge in [-0.3, -0.25) is 9.59 Å². The maximum Gasteiger partial charge on any atom is 0.276 e. The topological polar surface area (TPSA) is 111 Å². The van der Waals surface area contributed by atoms with E-state index in [9.17, 15) is 9.59 Å². The summed E-state index contributed by atoms with van der Waals surface area (Å²) in [6, 6.07) is 11.3. The molecule has 0 atom stereocenters. The summed E-state index contributed by atoms with van der Waals surface area (Å²) >= 11 is 0. The van der Waals surface area contributed by atoms with Crippen molar-refractivity contribution in [1.29, 1.82) is 0 Å². The van der Waals surface area contributed by atoms with Gasteiger partial charge in [0.25, 0.3) is 11.5 Å². The second-order valence-corrected chi connectivity index (χ2v) is 5.97. The fourth-order valence-electron chi connectivity index (χ4n) is 3.06. The molecule has 1 aliphatic rings. The van der Waals surface area contributed by atoms with Gasteiger partial charge < -0.3 is 9.80 Å². The molecule has 9 nitrogen and oxygen atoms in total. The molecule has 9 heteroatoms. The quantitative estimate of drug-likeness (QED) is 0.712. The van der Waals surface area contributed by atoms with Crippen molar-refractivity contribution in [2.24, 2.45) is 0 Å². The van der Waals surface area contributed by atoms with Gasteiger partial charge in [-0.1, -0.05) is 30.3 Å². The number of nitrogens with one attached hydrogen (secondary N) is 2. The Morgan fingerprint density at radius 3 is 2.50 bits per heavy atom. The van der Waals surface area contributed by atoms with Gasteiger partial charge in [0, 0.05) is 37.8 Å². The highest BCUT2D eigenvalue weighted by atomic mass is 16.2. The molecule has 0 spiro atoms. The molecule has 3 aromatic rings. The normalized spacial score (nSPS) is 14.5. The molecule has 2 N–H and O–H groups in total. The third kappa shape index (κ3) is 3.06. The van der Waals surface area contributed by atoms with E-state index in [-0.39, 0.29) is 11.5 Å². The fourth-order valence-corrected chi connectivity index (χ4v) is 3.06. The largest absolute Gasteiger partial charge is 0.366 e. The number of aromatic nitrogens is 5. The second kappa shape index (κ2) is 6.79. The highest BCUT2D eigenvalue weighted by Crippen LogP contribution is 2.27. The van der Waals surface area contributed by atoms with E-state index in [4.69, 9.17) is 0 Å². The van der Waals surface area contributed by atoms with Crippen LogP contribution in [-0.2, 0) is 0 Å². The predicted molar refractivity (Wildman–Crippen MR) is 94.8 cm³/mol. The van der Waals surface area contributed by atoms with Gasteiger partial charge in [0.2, 0.25) is 0 Å². The molecule has 1 aliphatic heterocycles. The first-order valence-corrected chi connectivity index (χ1v) is 8.27. The van der Waals surface area contributed by atoms with Crippen LogP contribution in [0, 0.1) is 0 Å². The molecule has 1 fully saturated rings. The SMILES string of the molecule is O=C(c1cn[nH]n1)N1CCN(c2cc(=O)[nH]nc2-c2ccccc2)CC1. The maximum absolute atomic E-state index is 12.4. The zero-order valence-electron chi connectivity index (χ0n) is 13.9. The highest BCUT2D eigenvalue weighted by Gasteiger charge is 2.25. The van der Waals surface area contributed by atoms with Gasteiger partial charge in [-0.15, -0.1) is 0 Å². The molecule has 4 rings (SSSR count). The first-order valence-electron chi connectivity index (χ1n) is 8.27. The van der Waals surface area contributed by atoms with Gasteiger partial charge in [0.15, 0.2) is 5.69 Å². The van der Waals surface area contributed by atoms with Crippen molar-refractivity contribution in [3.05, 3.63) is 58.6 Å². The monoisotopic (exact) mass is 351 g/mol. The van der Waals surface area contributed by atoms with Gasteiger partial charge in [-0.05, 0) is 0 Å². The van der Waals surface area contributed by atoms with Crippen molar-refractivity contribution in [2.45, 2.75) is 0 Å². The molecule has 1 amide bonds. The molecule has 1 saturated heterocycles. The number of aromatic amines is 2. The molecular formula is C17H17N7O2. The van der Waals surface area contributed by atoms with Gasteiger partial charge in [-0.2, -0.15) is 20.5 Å². The summed E-state index contributed by atoms with van der Waals surface area (Å²) in [6.07, 6.45) is 1.42. The predicted octanol–water partition coefficient (Wildman–Crippen LogP) is 0.517. The van der Waals surface area contributed by atoms with E-state index in [2.05, 4.69) is 30.5 Å². The number of H-pyrrole nitrogens is 2. The molecule has 0 saturated carbocycles. The first-order chi connectivity index (χ1) is 12.7. The van der Waals surface area contributed by atoms with Gasteiger partial charge in [0.05, 0.1) is 11.9 Å². The van der Waals surface area contributed by atoms with Crippen LogP contribution in [-0.4, -0.2) is 62.6 Å². The summed E-state index contributed by atoms with van der Waals surface area (Å²) in [5, 5.41) is 16.7. The first kappa shape index (κ1) is 16.0. The average Bonchev–Trinajstić information content (AvgIpc) is 3.23. The lowest BCUT2D eigenvalue weighted by Crippen LogP contribution is -2.49. The number of rotatable bonds is 3. The minimum atomic E-state index is -0.249. The summed E-state index contributed by atoms with van der Waals surface area (Å²) < 4.78 is 0. The van der Waals surface area contributed by atoms with E-state index >= 15 is 0 Å². The summed E-state index contributed by atoms with van der Waals surface area (Å²) in [6.45, 7) is 2.28. The van der Waals surface area contributed by atoms with Crippen LogP contribution in [0.15, 0.2) is 47.4 Å². The Morgan fingerprint density at radius 1 is 1.04 bits per heavy atom. The Labute approximate surface area is 148 Å². The summed E-state index contributed by atoms with van der Waals surface area (Å²) in [4.78, 5) is 28.0. The Balaban J connectivity index is 1.55. The van der Waals surface area contributed by atoms with Crippen LogP contribution >= 0.6 is 0 Å². The summed E-state index contributed by atoms with van der Waals surface area (Å²) in [7, 11) is 0. The zero-order valence-corrected chi connectivity index (χ0v) is 13.9. The number of nitrogens with zero attached hydrogens (tertiary/aromatic N) is 5. The number of carbonyl (C=O) groups excluding carboxylic acids is 1. The van der Waals surface area contributed by atoms with Crippen LogP contribution in [0.1, 0.15) is 10.5 Å². The Hall–Kier alpha value is -3.49. The molecule has 132 valence electrons. The number of hydrogen-bond donors (Lipinski definition) is 2. The summed E-state index contributed by atoms with van der Waals surface area (Å²) in [5.41, 5.74) is 2.48. The molecule has 0 unspecified atom stereocenters. The molecule has 0 bridgehead atoms. The Morgan fingerprint density at radius 2 is 1.81 bits per heavy atom. The molecule has 2 aromatic heterocycles. The highest BCUT2D eigenvalue weighted by molar-refractivity contribution is 5.92. The van der Waals surface area contributed by atoms with Crippen molar-refractivity contribution < 1.29 is 4.79 Å². The third-order valence-electron chi connectivity index (χ3n) is 4.38. The second-order valence-electron chi connectivity index (χ2n) is 5.97. The number of hydrogen-bond acceptors (Lipinski definition) is 6. The van der Waals surface area contributed by atoms with E-state index in [0.29, 0.717) is 31.9 Å². The van der Waals surface area contributed by atoms with Crippen LogP contribution in [0.5, 0.6) is 0 Å². The fraction of sp³-hybridized carbons (Fsp3) is 0.235. The van der Waals surface area contributed by atoms with E-state index in [1.807, 2.05) is 30.3 Å². The number of benzene rings is 1. The Kier molecular flexibility index (Phi) is 4.18. The van der Waals surface area contributed by atoms with Crippen LogP contribution < -0.4 is 10.5 Å². The standard InChI is InChI=1S/C17H17N7O2/c25-15-10-14(16(21-20-15)12-4-2-1-3-5-12)23-6-8-24(9-7-23)17(26)13-11-18-22-19-13/h1-5,10-11H,6-9H2,(H,20,25)(H,18,19,22). The van der Waals surface area contributed by atoms with Crippen LogP contribution in [0.2, 0.25) is 0 Å². The smallest absolute Gasteiger partial charge is 0.276 e. The van der Waals surface area contributed by atoms with Crippen molar-refractivity contribution in [2.75, 3.05) is 31.1 Å². The molecule has 26 heavy (non-hydrogen) atoms. The van der Waals surface area contributed by atoms with E-state index in [0.717, 1.165) is 16.9 Å². The minimum absolute atomic E-state index is 0.147. The van der Waals surface area contributed by atoms with Gasteiger partial charge in [0.1, 0.15) is 5.69 Å². The van der Waals surface area contributed by atoms with E-state index in [1.54, 1.807) is 11.0 Å². The lowest BCUT2D eigenvalue weighted by atomic mass is 10.1. The van der Waals surface area contributed by atoms with Crippen LogP contribution in [0.4, 0.5) is 5.69 Å². The number of amides is 1. The molecular weight excluding hydrogens is 334 g/mol. The van der Waals surface area contributed by atoms with Gasteiger partial charge >= 0.3 is 0 Å². The van der Waals surface area contributed by atoms with Crippen molar-refractivity contribution in [1.82, 2.24) is 30.5 Å². The Bertz CT molecular complexity index is 945. The lowest BCUT2D eigenvalue weighted by Gasteiger charge is -2.36. The molecule has 0 aliphatic carbocycles. The summed E-state index contributed by atoms with van der Waals surface area (Å²) in [5.74, 6) is -0.147.